The molecule has 0 fully saturated rings. The number of nitrogens with one attached hydrogen (secondary N) is 2. The van der Waals surface area contributed by atoms with Crippen LogP contribution in [0.2, 0.25) is 0 Å². The molecule has 1 aromatic heterocycles. The predicted molar refractivity (Wildman–Crippen MR) is 224 cm³/mol. The number of nitrogens with zero attached hydrogens (tertiary/aromatic N) is 3. The lowest BCUT2D eigenvalue weighted by atomic mass is 9.81. The number of likely N-dealkylation sites (N-methyl/N-ethyl adjacent to an activating group) is 1. The molecule has 15 nitrogen and oxygen atoms in total. The molecule has 0 aliphatic carbocycles. The van der Waals surface area contributed by atoms with Crippen LogP contribution in [0.1, 0.15) is 121 Å². The van der Waals surface area contributed by atoms with Crippen LogP contribution in [0.25, 0.3) is 0 Å². The zero-order chi connectivity index (χ0) is 44.1. The van der Waals surface area contributed by atoms with Crippen LogP contribution >= 0.6 is 11.3 Å². The van der Waals surface area contributed by atoms with Crippen molar-refractivity contribution in [2.24, 2.45) is 29.4 Å². The normalized spacial score (nSPS) is 14.9. The summed E-state index contributed by atoms with van der Waals surface area (Å²) in [6.07, 6.45) is 0.955. The minimum atomic E-state index is -1.04. The van der Waals surface area contributed by atoms with E-state index in [0.29, 0.717) is 30.0 Å². The third kappa shape index (κ3) is 14.5. The lowest BCUT2D eigenvalue weighted by Gasteiger charge is -2.38. The number of anilines is 1. The highest BCUT2D eigenvalue weighted by molar-refractivity contribution is 7.09. The van der Waals surface area contributed by atoms with Crippen molar-refractivity contribution in [2.75, 3.05) is 33.0 Å². The quantitative estimate of drug-likeness (QED) is 0.0662. The molecule has 324 valence electrons. The number of carboxylic acid groups (broad SMARTS) is 1. The average Bonchev–Trinajstić information content (AvgIpc) is 3.65. The van der Waals surface area contributed by atoms with Gasteiger partial charge >= 0.3 is 11.9 Å². The van der Waals surface area contributed by atoms with Gasteiger partial charge in [-0.05, 0) is 83.3 Å². The number of Topliss-reactive ketones (excluding diaryl/α,β-unsaturated/α-hetero) is 1. The number of carbonyl (C=O) groups is 6. The van der Waals surface area contributed by atoms with Gasteiger partial charge in [0.15, 0.2) is 11.9 Å². The van der Waals surface area contributed by atoms with Gasteiger partial charge in [0, 0.05) is 56.6 Å². The fraction of sp³-hybridized carbons (Fsp3) is 0.643. The van der Waals surface area contributed by atoms with E-state index in [1.807, 2.05) is 60.5 Å². The highest BCUT2D eigenvalue weighted by atomic mass is 32.1. The Morgan fingerprint density at radius 3 is 2.24 bits per heavy atom. The summed E-state index contributed by atoms with van der Waals surface area (Å²) in [4.78, 5) is 86.1. The zero-order valence-electron chi connectivity index (χ0n) is 36.1. The van der Waals surface area contributed by atoms with Crippen molar-refractivity contribution in [3.05, 3.63) is 39.8 Å². The van der Waals surface area contributed by atoms with Crippen molar-refractivity contribution < 1.29 is 43.7 Å². The van der Waals surface area contributed by atoms with Crippen LogP contribution in [-0.4, -0.2) is 106 Å². The first-order chi connectivity index (χ1) is 27.0. The van der Waals surface area contributed by atoms with Crippen molar-refractivity contribution in [1.29, 1.82) is 0 Å². The van der Waals surface area contributed by atoms with Gasteiger partial charge in [-0.3, -0.25) is 33.7 Å². The fourth-order valence-corrected chi connectivity index (χ4v) is 7.37. The third-order valence-corrected chi connectivity index (χ3v) is 12.0. The summed E-state index contributed by atoms with van der Waals surface area (Å²) in [5.74, 6) is -4.39. The monoisotopic (exact) mass is 830 g/mol. The van der Waals surface area contributed by atoms with Gasteiger partial charge in [-0.25, -0.2) is 4.98 Å². The van der Waals surface area contributed by atoms with Crippen LogP contribution in [0.3, 0.4) is 0 Å². The number of aromatic nitrogens is 1. The number of ether oxygens (including phenoxy) is 1. The topological polar surface area (TPSA) is 222 Å². The molecule has 0 aliphatic heterocycles. The van der Waals surface area contributed by atoms with Crippen molar-refractivity contribution >= 4 is 52.5 Å². The highest BCUT2D eigenvalue weighted by Gasteiger charge is 2.39. The molecule has 2 rings (SSSR count). The number of aliphatic carboxylic acids is 1. The lowest BCUT2D eigenvalue weighted by Crippen LogP contribution is -2.50. The van der Waals surface area contributed by atoms with Crippen LogP contribution in [0.5, 0.6) is 5.75 Å². The van der Waals surface area contributed by atoms with Gasteiger partial charge in [0.05, 0.1) is 17.1 Å². The number of hydrogen-bond acceptors (Lipinski definition) is 12. The number of phenolic OH excluding ortho intramolecular Hbond substituents is 1. The first-order valence-electron chi connectivity index (χ1n) is 20.0. The molecule has 6 atom stereocenters. The number of carbonyl (C=O) groups excluding carboxylic acids is 5. The number of rotatable bonds is 24. The smallest absolute Gasteiger partial charge is 0.306 e. The fourth-order valence-electron chi connectivity index (χ4n) is 6.53. The highest BCUT2D eigenvalue weighted by Crippen LogP contribution is 2.33. The SMILES string of the molecule is CC[C@H](C)[C@H](CC(=O)C(C)(C)N(C)C)C(=O)N(C)[C@H](C[C@@H](OC(C)=O)c1nc(C(=O)N[C@@H](Cc2ccc(O)c(NC(=O)CCCN)c2)CC(C)C(=O)O)cs1)C(C)C. The number of aromatic hydroxyl groups is 1. The van der Waals surface area contributed by atoms with E-state index < -0.39 is 53.4 Å². The number of benzene rings is 1. The standard InChI is InChI=1S/C42H66N6O9S/c1-12-25(4)30(21-36(51)42(7,8)47(9)10)40(54)48(11)33(24(2)3)22-35(57-27(6)49)39-46-32(23-58-39)38(53)44-29(18-26(5)41(55)56)19-28-15-16-34(50)31(20-28)45-37(52)14-13-17-43/h15-16,20,23-26,29-30,33,35,50H,12-14,17-19,21-22,43H2,1-11H3,(H,44,53)(H,45,52)(H,55,56)/t25-,26?,29+,30-,33+,35+/m0/s1. The van der Waals surface area contributed by atoms with E-state index in [1.54, 1.807) is 24.1 Å². The molecule has 0 saturated heterocycles. The molecule has 0 spiro atoms. The van der Waals surface area contributed by atoms with Gasteiger partial charge < -0.3 is 36.2 Å². The number of thiazole rings is 1. The largest absolute Gasteiger partial charge is 0.506 e. The maximum Gasteiger partial charge on any atom is 0.306 e. The van der Waals surface area contributed by atoms with Gasteiger partial charge in [0.25, 0.3) is 5.91 Å². The number of ketones is 1. The molecule has 0 radical (unpaired) electrons. The van der Waals surface area contributed by atoms with Crippen molar-refractivity contribution in [2.45, 2.75) is 124 Å². The Kier molecular flexibility index (Phi) is 19.4. The molecule has 1 heterocycles. The van der Waals surface area contributed by atoms with Crippen LogP contribution in [0, 0.1) is 23.7 Å². The van der Waals surface area contributed by atoms with Crippen LogP contribution in [0.4, 0.5) is 5.69 Å². The zero-order valence-corrected chi connectivity index (χ0v) is 36.9. The number of hydrogen-bond donors (Lipinski definition) is 5. The molecule has 1 unspecified atom stereocenters. The Bertz CT molecular complexity index is 1730. The van der Waals surface area contributed by atoms with E-state index in [2.05, 4.69) is 15.6 Å². The minimum Gasteiger partial charge on any atom is -0.506 e. The van der Waals surface area contributed by atoms with E-state index in [0.717, 1.165) is 11.3 Å². The van der Waals surface area contributed by atoms with Crippen LogP contribution in [0.15, 0.2) is 23.6 Å². The van der Waals surface area contributed by atoms with Gasteiger partial charge in [0.2, 0.25) is 11.8 Å². The summed E-state index contributed by atoms with van der Waals surface area (Å²) in [6.45, 7) is 14.7. The Labute approximate surface area is 347 Å². The third-order valence-electron chi connectivity index (χ3n) is 11.1. The Balaban J connectivity index is 2.38. The van der Waals surface area contributed by atoms with E-state index in [1.165, 1.54) is 25.3 Å². The molecule has 2 aromatic rings. The molecule has 3 amide bonds. The summed E-state index contributed by atoms with van der Waals surface area (Å²) in [5, 5.41) is 27.5. The lowest BCUT2D eigenvalue weighted by molar-refractivity contribution is -0.150. The molecule has 1 aromatic carbocycles. The van der Waals surface area contributed by atoms with Gasteiger partial charge in [0.1, 0.15) is 16.5 Å². The van der Waals surface area contributed by atoms with Crippen LogP contribution in [-0.2, 0) is 35.1 Å². The Morgan fingerprint density at radius 2 is 1.69 bits per heavy atom. The Morgan fingerprint density at radius 1 is 1.03 bits per heavy atom. The minimum absolute atomic E-state index is 0.0351. The maximum atomic E-state index is 14.2. The first kappa shape index (κ1) is 49.7. The van der Waals surface area contributed by atoms with E-state index in [9.17, 15) is 39.0 Å². The molecular formula is C42H66N6O9S. The molecule has 6 N–H and O–H groups in total. The molecule has 0 aliphatic rings. The van der Waals surface area contributed by atoms with Gasteiger partial charge in [-0.2, -0.15) is 0 Å². The second-order valence-electron chi connectivity index (χ2n) is 16.4. The van der Waals surface area contributed by atoms with Crippen molar-refractivity contribution in [1.82, 2.24) is 20.1 Å². The first-order valence-corrected chi connectivity index (χ1v) is 20.9. The molecule has 16 heteroatoms. The van der Waals surface area contributed by atoms with Gasteiger partial charge in [-0.15, -0.1) is 11.3 Å². The van der Waals surface area contributed by atoms with Crippen molar-refractivity contribution in [3.63, 3.8) is 0 Å². The second kappa shape index (κ2) is 22.7. The second-order valence-corrected chi connectivity index (χ2v) is 17.3. The van der Waals surface area contributed by atoms with E-state index in [4.69, 9.17) is 10.5 Å². The molecular weight excluding hydrogens is 765 g/mol. The molecule has 0 saturated carbocycles. The maximum absolute atomic E-state index is 14.2. The number of esters is 1. The number of phenols is 1. The van der Waals surface area contributed by atoms with Crippen molar-refractivity contribution in [3.8, 4) is 5.75 Å². The molecule has 0 bridgehead atoms. The van der Waals surface area contributed by atoms with E-state index in [-0.39, 0.29) is 78.7 Å². The summed E-state index contributed by atoms with van der Waals surface area (Å²) in [7, 11) is 5.38. The number of amides is 3. The number of nitrogens with two attached hydrogens (primary N) is 1. The van der Waals surface area contributed by atoms with Gasteiger partial charge in [-0.1, -0.05) is 47.1 Å². The summed E-state index contributed by atoms with van der Waals surface area (Å²) in [6, 6.07) is 3.51. The Hall–Kier alpha value is -4.41. The predicted octanol–water partition coefficient (Wildman–Crippen LogP) is 5.42. The summed E-state index contributed by atoms with van der Waals surface area (Å²) < 4.78 is 5.77. The number of carboxylic acids is 1. The average molecular weight is 831 g/mol. The van der Waals surface area contributed by atoms with E-state index >= 15 is 0 Å². The summed E-state index contributed by atoms with van der Waals surface area (Å²) in [5.41, 5.74) is 5.59. The van der Waals surface area contributed by atoms with Crippen LogP contribution < -0.4 is 16.4 Å². The molecule has 58 heavy (non-hydrogen) atoms. The summed E-state index contributed by atoms with van der Waals surface area (Å²) >= 11 is 1.12.